The summed E-state index contributed by atoms with van der Waals surface area (Å²) in [5.41, 5.74) is 2.17. The van der Waals surface area contributed by atoms with E-state index in [1.807, 2.05) is 6.07 Å². The molecule has 1 aliphatic rings. The summed E-state index contributed by atoms with van der Waals surface area (Å²) in [5.74, 6) is -0.351. The average molecular weight is 554 g/mol. The molecule has 3 aromatic carbocycles. The number of rotatable bonds is 5. The van der Waals surface area contributed by atoms with Crippen molar-refractivity contribution >= 4 is 27.3 Å². The van der Waals surface area contributed by atoms with E-state index in [-0.39, 0.29) is 18.1 Å². The van der Waals surface area contributed by atoms with Crippen LogP contribution in [0.1, 0.15) is 21.5 Å². The second-order valence-corrected chi connectivity index (χ2v) is 10.9. The first-order valence-electron chi connectivity index (χ1n) is 11.8. The third-order valence-corrected chi connectivity index (χ3v) is 7.01. The maximum absolute atomic E-state index is 13.5. The SMILES string of the molecule is CS(=O)(=O)Nc1cc(N2CCc3cc(-c4ccc(C(F)(F)F)cc4-c4ccccc4)ccc3C2=O)c[nH]c1=O. The topological polar surface area (TPSA) is 99.3 Å². The van der Waals surface area contributed by atoms with Gasteiger partial charge in [-0.15, -0.1) is 0 Å². The molecule has 4 aromatic rings. The molecular weight excluding hydrogens is 531 g/mol. The zero-order valence-corrected chi connectivity index (χ0v) is 21.4. The normalized spacial score (nSPS) is 13.7. The number of H-pyrrole nitrogens is 1. The fraction of sp³-hybridized carbons (Fsp3) is 0.143. The Bertz CT molecular complexity index is 1750. The number of halogens is 3. The van der Waals surface area contributed by atoms with Gasteiger partial charge in [-0.3, -0.25) is 14.3 Å². The molecule has 2 N–H and O–H groups in total. The maximum Gasteiger partial charge on any atom is 0.416 e. The average Bonchev–Trinajstić information content (AvgIpc) is 2.89. The zero-order chi connectivity index (χ0) is 27.9. The highest BCUT2D eigenvalue weighted by Gasteiger charge is 2.32. The van der Waals surface area contributed by atoms with Crippen molar-refractivity contribution in [3.8, 4) is 22.3 Å². The van der Waals surface area contributed by atoms with Crippen molar-refractivity contribution in [3.63, 3.8) is 0 Å². The quantitative estimate of drug-likeness (QED) is 0.350. The van der Waals surface area contributed by atoms with Crippen LogP contribution in [0.2, 0.25) is 0 Å². The summed E-state index contributed by atoms with van der Waals surface area (Å²) in [5, 5.41) is 0. The van der Waals surface area contributed by atoms with Gasteiger partial charge in [0.15, 0.2) is 0 Å². The molecule has 11 heteroatoms. The summed E-state index contributed by atoms with van der Waals surface area (Å²) in [4.78, 5) is 29.3. The number of nitrogens with zero attached hydrogens (tertiary/aromatic N) is 1. The number of pyridine rings is 1. The van der Waals surface area contributed by atoms with E-state index in [1.165, 1.54) is 23.2 Å². The molecule has 0 atom stereocenters. The second kappa shape index (κ2) is 9.73. The van der Waals surface area contributed by atoms with Crippen LogP contribution in [0.15, 0.2) is 83.8 Å². The van der Waals surface area contributed by atoms with Crippen molar-refractivity contribution in [2.75, 3.05) is 22.4 Å². The molecule has 1 aromatic heterocycles. The van der Waals surface area contributed by atoms with E-state index < -0.39 is 27.3 Å². The minimum atomic E-state index is -4.49. The predicted octanol–water partition coefficient (Wildman–Crippen LogP) is 5.30. The van der Waals surface area contributed by atoms with Gasteiger partial charge in [-0.1, -0.05) is 48.5 Å². The van der Waals surface area contributed by atoms with E-state index in [0.29, 0.717) is 39.9 Å². The second-order valence-electron chi connectivity index (χ2n) is 9.18. The molecule has 5 rings (SSSR count). The molecule has 0 radical (unpaired) electrons. The molecule has 7 nitrogen and oxygen atoms in total. The van der Waals surface area contributed by atoms with Crippen LogP contribution < -0.4 is 15.2 Å². The number of anilines is 2. The van der Waals surface area contributed by atoms with E-state index in [0.717, 1.165) is 24.0 Å². The van der Waals surface area contributed by atoms with Gasteiger partial charge in [0.1, 0.15) is 5.69 Å². The van der Waals surface area contributed by atoms with Crippen LogP contribution in [0, 0.1) is 0 Å². The number of carbonyl (C=O) groups excluding carboxylic acids is 1. The molecule has 0 aliphatic carbocycles. The Labute approximate surface area is 222 Å². The first kappa shape index (κ1) is 26.2. The zero-order valence-electron chi connectivity index (χ0n) is 20.5. The van der Waals surface area contributed by atoms with Gasteiger partial charge in [0.05, 0.1) is 17.5 Å². The number of fused-ring (bicyclic) bond motifs is 1. The number of hydrogen-bond donors (Lipinski definition) is 2. The molecule has 0 bridgehead atoms. The van der Waals surface area contributed by atoms with Crippen molar-refractivity contribution in [2.24, 2.45) is 0 Å². The molecule has 0 spiro atoms. The van der Waals surface area contributed by atoms with Gasteiger partial charge in [0, 0.05) is 18.3 Å². The van der Waals surface area contributed by atoms with Crippen LogP contribution in [0.25, 0.3) is 22.3 Å². The Morgan fingerprint density at radius 3 is 2.28 bits per heavy atom. The molecule has 1 amide bonds. The lowest BCUT2D eigenvalue weighted by atomic mass is 9.89. The number of hydrogen-bond acceptors (Lipinski definition) is 4. The lowest BCUT2D eigenvalue weighted by Gasteiger charge is -2.29. The Kier molecular flexibility index (Phi) is 6.55. The van der Waals surface area contributed by atoms with Crippen LogP contribution in [-0.4, -0.2) is 32.1 Å². The van der Waals surface area contributed by atoms with Crippen LogP contribution in [-0.2, 0) is 22.6 Å². The van der Waals surface area contributed by atoms with Crippen LogP contribution >= 0.6 is 0 Å². The van der Waals surface area contributed by atoms with Crippen molar-refractivity contribution in [2.45, 2.75) is 12.6 Å². The number of aromatic nitrogens is 1. The molecular formula is C28H22F3N3O4S. The Balaban J connectivity index is 1.52. The molecule has 39 heavy (non-hydrogen) atoms. The standard InChI is InChI=1S/C28H22F3N3O4S/c1-39(37,38)33-25-15-21(16-32-26(25)35)34-12-11-19-13-18(7-9-23(19)27(34)36)22-10-8-20(28(29,30)31)14-24(22)17-5-3-2-4-6-17/h2-10,13-16,33H,11-12H2,1H3,(H,32,35). The van der Waals surface area contributed by atoms with Crippen LogP contribution in [0.3, 0.4) is 0 Å². The fourth-order valence-corrected chi connectivity index (χ4v) is 5.19. The van der Waals surface area contributed by atoms with Crippen LogP contribution in [0.5, 0.6) is 0 Å². The number of amides is 1. The van der Waals surface area contributed by atoms with Gasteiger partial charge in [0.25, 0.3) is 11.5 Å². The summed E-state index contributed by atoms with van der Waals surface area (Å²) in [6.45, 7) is 0.248. The van der Waals surface area contributed by atoms with Gasteiger partial charge in [-0.2, -0.15) is 13.2 Å². The summed E-state index contributed by atoms with van der Waals surface area (Å²) >= 11 is 0. The first-order valence-corrected chi connectivity index (χ1v) is 13.7. The third-order valence-electron chi connectivity index (χ3n) is 6.42. The van der Waals surface area contributed by atoms with E-state index in [2.05, 4.69) is 9.71 Å². The molecule has 0 fully saturated rings. The minimum absolute atomic E-state index is 0.209. The van der Waals surface area contributed by atoms with E-state index in [4.69, 9.17) is 0 Å². The van der Waals surface area contributed by atoms with Crippen LogP contribution in [0.4, 0.5) is 24.5 Å². The summed E-state index contributed by atoms with van der Waals surface area (Å²) in [7, 11) is -3.71. The smallest absolute Gasteiger partial charge is 0.325 e. The number of sulfonamides is 1. The molecule has 0 saturated heterocycles. The van der Waals surface area contributed by atoms with Gasteiger partial charge < -0.3 is 9.88 Å². The highest BCUT2D eigenvalue weighted by atomic mass is 32.2. The number of carbonyl (C=O) groups is 1. The minimum Gasteiger partial charge on any atom is -0.325 e. The fourth-order valence-electron chi connectivity index (χ4n) is 4.63. The lowest BCUT2D eigenvalue weighted by molar-refractivity contribution is -0.137. The van der Waals surface area contributed by atoms with E-state index >= 15 is 0 Å². The number of alkyl halides is 3. The van der Waals surface area contributed by atoms with Crippen molar-refractivity contribution in [1.29, 1.82) is 0 Å². The van der Waals surface area contributed by atoms with Gasteiger partial charge in [0.2, 0.25) is 10.0 Å². The van der Waals surface area contributed by atoms with Gasteiger partial charge >= 0.3 is 6.18 Å². The molecule has 2 heterocycles. The monoisotopic (exact) mass is 553 g/mol. The first-order chi connectivity index (χ1) is 18.4. The third kappa shape index (κ3) is 5.44. The Morgan fingerprint density at radius 2 is 1.59 bits per heavy atom. The van der Waals surface area contributed by atoms with E-state index in [9.17, 15) is 31.2 Å². The Morgan fingerprint density at radius 1 is 0.872 bits per heavy atom. The van der Waals surface area contributed by atoms with Crippen molar-refractivity contribution < 1.29 is 26.4 Å². The summed E-state index contributed by atoms with van der Waals surface area (Å²) in [6, 6.07) is 18.9. The number of benzene rings is 3. The lowest BCUT2D eigenvalue weighted by Crippen LogP contribution is -2.38. The Hall–Kier alpha value is -4.38. The van der Waals surface area contributed by atoms with Crippen molar-refractivity contribution in [1.82, 2.24) is 4.98 Å². The van der Waals surface area contributed by atoms with E-state index in [1.54, 1.807) is 42.5 Å². The van der Waals surface area contributed by atoms with Crippen molar-refractivity contribution in [3.05, 3.63) is 106 Å². The molecule has 200 valence electrons. The summed E-state index contributed by atoms with van der Waals surface area (Å²) in [6.07, 6.45) is -1.81. The van der Waals surface area contributed by atoms with Gasteiger partial charge in [-0.25, -0.2) is 8.42 Å². The number of nitrogens with one attached hydrogen (secondary N) is 2. The maximum atomic E-state index is 13.5. The molecule has 0 saturated carbocycles. The van der Waals surface area contributed by atoms with Gasteiger partial charge in [-0.05, 0) is 58.5 Å². The molecule has 1 aliphatic heterocycles. The summed E-state index contributed by atoms with van der Waals surface area (Å²) < 4.78 is 65.8. The predicted molar refractivity (Wildman–Crippen MR) is 143 cm³/mol. The highest BCUT2D eigenvalue weighted by molar-refractivity contribution is 7.92. The largest absolute Gasteiger partial charge is 0.416 e. The highest BCUT2D eigenvalue weighted by Crippen LogP contribution is 2.39. The molecule has 0 unspecified atom stereocenters. The number of aromatic amines is 1.